The van der Waals surface area contributed by atoms with Crippen LogP contribution in [-0.4, -0.2) is 41.1 Å². The molecule has 7 nitrogen and oxygen atoms in total. The zero-order valence-corrected chi connectivity index (χ0v) is 18.0. The summed E-state index contributed by atoms with van der Waals surface area (Å²) < 4.78 is 29.1. The second kappa shape index (κ2) is 8.20. The summed E-state index contributed by atoms with van der Waals surface area (Å²) in [5.41, 5.74) is 3.12. The predicted molar refractivity (Wildman–Crippen MR) is 116 cm³/mol. The Bertz CT molecular complexity index is 1160. The molecule has 0 saturated carbocycles. The van der Waals surface area contributed by atoms with Crippen LogP contribution < -0.4 is 5.32 Å². The Hall–Kier alpha value is -2.71. The van der Waals surface area contributed by atoms with E-state index >= 15 is 0 Å². The molecule has 8 heteroatoms. The molecule has 3 heterocycles. The largest absolute Gasteiger partial charge is 0.326 e. The van der Waals surface area contributed by atoms with Gasteiger partial charge in [-0.1, -0.05) is 13.0 Å². The highest BCUT2D eigenvalue weighted by molar-refractivity contribution is 7.89. The Morgan fingerprint density at radius 3 is 2.53 bits per heavy atom. The maximum atomic E-state index is 12.8. The number of aromatic nitrogens is 2. The molecule has 1 aromatic carbocycles. The number of carbonyl (C=O) groups excluding carboxylic acids is 1. The van der Waals surface area contributed by atoms with Crippen LogP contribution in [0.15, 0.2) is 53.7 Å². The van der Waals surface area contributed by atoms with Gasteiger partial charge in [0.15, 0.2) is 0 Å². The highest BCUT2D eigenvalue weighted by Crippen LogP contribution is 2.24. The number of sulfonamides is 1. The third-order valence-electron chi connectivity index (χ3n) is 5.59. The zero-order chi connectivity index (χ0) is 21.3. The number of anilines is 1. The van der Waals surface area contributed by atoms with Crippen LogP contribution in [0.4, 0.5) is 5.69 Å². The number of hydrogen-bond donors (Lipinski definition) is 1. The van der Waals surface area contributed by atoms with Gasteiger partial charge in [0.1, 0.15) is 5.65 Å². The quantitative estimate of drug-likeness (QED) is 0.679. The molecule has 0 bridgehead atoms. The van der Waals surface area contributed by atoms with Crippen molar-refractivity contribution in [3.8, 4) is 0 Å². The molecule has 30 heavy (non-hydrogen) atoms. The number of imidazole rings is 1. The number of piperidine rings is 1. The summed E-state index contributed by atoms with van der Waals surface area (Å²) in [5, 5.41) is 2.82. The Labute approximate surface area is 176 Å². The van der Waals surface area contributed by atoms with Crippen molar-refractivity contribution in [3.05, 3.63) is 60.0 Å². The average molecular weight is 427 g/mol. The number of fused-ring (bicyclic) bond motifs is 1. The van der Waals surface area contributed by atoms with Gasteiger partial charge < -0.3 is 9.72 Å². The highest BCUT2D eigenvalue weighted by atomic mass is 32.2. The topological polar surface area (TPSA) is 83.8 Å². The molecule has 4 rings (SSSR count). The van der Waals surface area contributed by atoms with Crippen LogP contribution in [0, 0.1) is 12.8 Å². The van der Waals surface area contributed by atoms with Crippen LogP contribution in [0.3, 0.4) is 0 Å². The van der Waals surface area contributed by atoms with E-state index in [1.807, 2.05) is 35.9 Å². The van der Waals surface area contributed by atoms with Crippen molar-refractivity contribution in [3.63, 3.8) is 0 Å². The second-order valence-electron chi connectivity index (χ2n) is 7.99. The molecule has 0 radical (unpaired) electrons. The molecule has 1 N–H and O–H groups in total. The minimum atomic E-state index is -3.49. The molecular formula is C22H26N4O3S. The van der Waals surface area contributed by atoms with Crippen LogP contribution in [-0.2, 0) is 21.2 Å². The van der Waals surface area contributed by atoms with Crippen LogP contribution in [0.25, 0.3) is 5.65 Å². The number of benzene rings is 1. The van der Waals surface area contributed by atoms with Gasteiger partial charge in [-0.3, -0.25) is 4.79 Å². The fourth-order valence-electron chi connectivity index (χ4n) is 3.74. The smallest absolute Gasteiger partial charge is 0.243 e. The van der Waals surface area contributed by atoms with Gasteiger partial charge in [0, 0.05) is 31.2 Å². The van der Waals surface area contributed by atoms with Gasteiger partial charge in [-0.25, -0.2) is 13.4 Å². The van der Waals surface area contributed by atoms with E-state index in [-0.39, 0.29) is 17.2 Å². The van der Waals surface area contributed by atoms with E-state index in [0.717, 1.165) is 24.1 Å². The first kappa shape index (κ1) is 20.6. The number of carbonyl (C=O) groups is 1. The third kappa shape index (κ3) is 4.24. The second-order valence-corrected chi connectivity index (χ2v) is 9.93. The lowest BCUT2D eigenvalue weighted by Gasteiger charge is -2.29. The molecule has 3 aromatic rings. The standard InChI is InChI=1S/C22H26N4O3S/c1-16-9-12-26(13-10-16)30(28,29)20-7-5-18(6-8-20)23-21(27)14-19-15-25-11-3-4-17(2)22(25)24-19/h3-8,11,15-16H,9-10,12-14H2,1-2H3,(H,23,27). The van der Waals surface area contributed by atoms with E-state index < -0.39 is 10.0 Å². The summed E-state index contributed by atoms with van der Waals surface area (Å²) in [6, 6.07) is 10.3. The van der Waals surface area contributed by atoms with Crippen LogP contribution in [0.1, 0.15) is 31.0 Å². The van der Waals surface area contributed by atoms with E-state index in [1.165, 1.54) is 0 Å². The lowest BCUT2D eigenvalue weighted by atomic mass is 10.0. The Kier molecular flexibility index (Phi) is 5.62. The molecule has 1 aliphatic heterocycles. The molecule has 158 valence electrons. The third-order valence-corrected chi connectivity index (χ3v) is 7.50. The lowest BCUT2D eigenvalue weighted by Crippen LogP contribution is -2.37. The number of hydrogen-bond acceptors (Lipinski definition) is 4. The number of nitrogens with one attached hydrogen (secondary N) is 1. The molecule has 0 spiro atoms. The summed E-state index contributed by atoms with van der Waals surface area (Å²) in [6.45, 7) is 5.24. The monoisotopic (exact) mass is 426 g/mol. The van der Waals surface area contributed by atoms with Gasteiger partial charge in [0.05, 0.1) is 17.0 Å². The normalized spacial score (nSPS) is 16.1. The van der Waals surface area contributed by atoms with E-state index in [4.69, 9.17) is 0 Å². The van der Waals surface area contributed by atoms with Crippen molar-refractivity contribution in [1.29, 1.82) is 0 Å². The van der Waals surface area contributed by atoms with Crippen LogP contribution >= 0.6 is 0 Å². The SMILES string of the molecule is Cc1cccn2cc(CC(=O)Nc3ccc(S(=O)(=O)N4CCC(C)CC4)cc3)nc12. The first-order chi connectivity index (χ1) is 14.3. The molecule has 0 atom stereocenters. The van der Waals surface area contributed by atoms with Crippen LogP contribution in [0.2, 0.25) is 0 Å². The Morgan fingerprint density at radius 2 is 1.87 bits per heavy atom. The molecule has 1 aliphatic rings. The van der Waals surface area contributed by atoms with Gasteiger partial charge in [0.25, 0.3) is 0 Å². The number of rotatable bonds is 5. The molecule has 0 unspecified atom stereocenters. The maximum absolute atomic E-state index is 12.8. The fraction of sp³-hybridized carbons (Fsp3) is 0.364. The summed E-state index contributed by atoms with van der Waals surface area (Å²) >= 11 is 0. The minimum absolute atomic E-state index is 0.146. The van der Waals surface area contributed by atoms with Crippen molar-refractivity contribution in [2.24, 2.45) is 5.92 Å². The minimum Gasteiger partial charge on any atom is -0.326 e. The number of nitrogens with zero attached hydrogens (tertiary/aromatic N) is 3. The van der Waals surface area contributed by atoms with E-state index in [0.29, 0.717) is 30.4 Å². The molecular weight excluding hydrogens is 400 g/mol. The summed E-state index contributed by atoms with van der Waals surface area (Å²) in [6.07, 6.45) is 5.66. The molecule has 1 saturated heterocycles. The summed E-state index contributed by atoms with van der Waals surface area (Å²) in [5.74, 6) is 0.363. The number of aryl methyl sites for hydroxylation is 1. The van der Waals surface area contributed by atoms with Gasteiger partial charge >= 0.3 is 0 Å². The van der Waals surface area contributed by atoms with E-state index in [9.17, 15) is 13.2 Å². The van der Waals surface area contributed by atoms with E-state index in [1.54, 1.807) is 28.6 Å². The molecule has 2 aromatic heterocycles. The van der Waals surface area contributed by atoms with Gasteiger partial charge in [-0.05, 0) is 61.6 Å². The fourth-order valence-corrected chi connectivity index (χ4v) is 5.21. The van der Waals surface area contributed by atoms with Crippen molar-refractivity contribution >= 4 is 27.3 Å². The van der Waals surface area contributed by atoms with Crippen molar-refractivity contribution in [2.75, 3.05) is 18.4 Å². The zero-order valence-electron chi connectivity index (χ0n) is 17.2. The summed E-state index contributed by atoms with van der Waals surface area (Å²) in [4.78, 5) is 17.2. The van der Waals surface area contributed by atoms with Crippen molar-refractivity contribution < 1.29 is 13.2 Å². The first-order valence-corrected chi connectivity index (χ1v) is 11.6. The van der Waals surface area contributed by atoms with Crippen LogP contribution in [0.5, 0.6) is 0 Å². The maximum Gasteiger partial charge on any atom is 0.243 e. The molecule has 1 fully saturated rings. The Morgan fingerprint density at radius 1 is 1.17 bits per heavy atom. The van der Waals surface area contributed by atoms with Gasteiger partial charge in [-0.15, -0.1) is 0 Å². The average Bonchev–Trinajstić information content (AvgIpc) is 3.12. The van der Waals surface area contributed by atoms with Crippen molar-refractivity contribution in [2.45, 2.75) is 38.0 Å². The van der Waals surface area contributed by atoms with Crippen molar-refractivity contribution in [1.82, 2.24) is 13.7 Å². The number of amides is 1. The van der Waals surface area contributed by atoms with E-state index in [2.05, 4.69) is 17.2 Å². The van der Waals surface area contributed by atoms with Gasteiger partial charge in [-0.2, -0.15) is 4.31 Å². The highest BCUT2D eigenvalue weighted by Gasteiger charge is 2.27. The Balaban J connectivity index is 1.41. The first-order valence-electron chi connectivity index (χ1n) is 10.2. The summed E-state index contributed by atoms with van der Waals surface area (Å²) in [7, 11) is -3.49. The molecule has 0 aliphatic carbocycles. The van der Waals surface area contributed by atoms with Gasteiger partial charge in [0.2, 0.25) is 15.9 Å². The predicted octanol–water partition coefficient (Wildman–Crippen LogP) is 3.24. The lowest BCUT2D eigenvalue weighted by molar-refractivity contribution is -0.115. The molecule has 1 amide bonds. The number of pyridine rings is 1.